The van der Waals surface area contributed by atoms with Gasteiger partial charge in [0, 0.05) is 18.8 Å². The second-order valence-corrected chi connectivity index (χ2v) is 6.86. The van der Waals surface area contributed by atoms with Crippen molar-refractivity contribution >= 4 is 5.69 Å². The van der Waals surface area contributed by atoms with Crippen molar-refractivity contribution in [2.24, 2.45) is 0 Å². The Balaban J connectivity index is 2.26. The first-order valence-electron chi connectivity index (χ1n) is 10.2. The Morgan fingerprint density at radius 2 is 1.00 bits per heavy atom. The Labute approximate surface area is 145 Å². The van der Waals surface area contributed by atoms with Crippen LogP contribution in [0, 0.1) is 0 Å². The number of benzene rings is 1. The normalized spacial score (nSPS) is 10.9. The number of nitrogens with zero attached hydrogens (tertiary/aromatic N) is 1. The highest BCUT2D eigenvalue weighted by molar-refractivity contribution is 5.45. The molecular formula is C22H39N. The number of para-hydroxylation sites is 1. The number of rotatable bonds is 15. The maximum Gasteiger partial charge on any atom is 0.0366 e. The summed E-state index contributed by atoms with van der Waals surface area (Å²) in [7, 11) is 0. The van der Waals surface area contributed by atoms with Crippen LogP contribution < -0.4 is 4.90 Å². The van der Waals surface area contributed by atoms with Gasteiger partial charge in [-0.2, -0.15) is 0 Å². The fraction of sp³-hybridized carbons (Fsp3) is 0.727. The molecule has 1 aromatic carbocycles. The molecule has 0 bridgehead atoms. The molecule has 0 N–H and O–H groups in total. The van der Waals surface area contributed by atoms with E-state index in [1.165, 1.54) is 95.8 Å². The van der Waals surface area contributed by atoms with Gasteiger partial charge >= 0.3 is 0 Å². The Kier molecular flexibility index (Phi) is 12.7. The molecule has 0 radical (unpaired) electrons. The van der Waals surface area contributed by atoms with Crippen molar-refractivity contribution in [1.29, 1.82) is 0 Å². The van der Waals surface area contributed by atoms with Crippen molar-refractivity contribution in [3.8, 4) is 0 Å². The van der Waals surface area contributed by atoms with Crippen LogP contribution in [0.4, 0.5) is 5.69 Å². The number of anilines is 1. The molecule has 0 saturated carbocycles. The van der Waals surface area contributed by atoms with Gasteiger partial charge in [0.2, 0.25) is 0 Å². The molecule has 0 unspecified atom stereocenters. The molecule has 132 valence electrons. The van der Waals surface area contributed by atoms with E-state index in [-0.39, 0.29) is 0 Å². The van der Waals surface area contributed by atoms with Crippen molar-refractivity contribution in [1.82, 2.24) is 0 Å². The van der Waals surface area contributed by atoms with Gasteiger partial charge in [-0.05, 0) is 25.0 Å². The van der Waals surface area contributed by atoms with Crippen LogP contribution in [0.25, 0.3) is 0 Å². The summed E-state index contributed by atoms with van der Waals surface area (Å²) in [5, 5.41) is 0. The summed E-state index contributed by atoms with van der Waals surface area (Å²) in [6.07, 6.45) is 16.6. The SMILES string of the molecule is CCCCCCCCN(CCCCCCCC)c1ccccc1. The maximum absolute atomic E-state index is 2.61. The molecule has 0 amide bonds. The standard InChI is InChI=1S/C22H39N/c1-3-5-7-9-11-16-20-23(22-18-14-13-15-19-22)21-17-12-10-8-6-4-2/h13-15,18-19H,3-12,16-17,20-21H2,1-2H3. The first kappa shape index (κ1) is 20.1. The minimum Gasteiger partial charge on any atom is -0.372 e. The zero-order valence-corrected chi connectivity index (χ0v) is 15.7. The van der Waals surface area contributed by atoms with Crippen LogP contribution in [0.15, 0.2) is 30.3 Å². The molecule has 23 heavy (non-hydrogen) atoms. The Hall–Kier alpha value is -0.980. The van der Waals surface area contributed by atoms with Crippen LogP contribution >= 0.6 is 0 Å². The lowest BCUT2D eigenvalue weighted by molar-refractivity contribution is 0.575. The van der Waals surface area contributed by atoms with Crippen LogP contribution in [0.5, 0.6) is 0 Å². The molecule has 0 atom stereocenters. The summed E-state index contributed by atoms with van der Waals surface area (Å²) in [4.78, 5) is 2.61. The molecule has 0 spiro atoms. The first-order valence-corrected chi connectivity index (χ1v) is 10.2. The van der Waals surface area contributed by atoms with Crippen molar-refractivity contribution < 1.29 is 0 Å². The minimum atomic E-state index is 1.23. The van der Waals surface area contributed by atoms with Gasteiger partial charge < -0.3 is 4.90 Å². The third kappa shape index (κ3) is 10.4. The molecule has 0 saturated heterocycles. The zero-order chi connectivity index (χ0) is 16.6. The van der Waals surface area contributed by atoms with Gasteiger partial charge in [-0.1, -0.05) is 96.3 Å². The number of hydrogen-bond acceptors (Lipinski definition) is 1. The van der Waals surface area contributed by atoms with Crippen LogP contribution in [-0.2, 0) is 0 Å². The average molecular weight is 318 g/mol. The fourth-order valence-corrected chi connectivity index (χ4v) is 3.17. The van der Waals surface area contributed by atoms with E-state index in [4.69, 9.17) is 0 Å². The second kappa shape index (κ2) is 14.6. The largest absolute Gasteiger partial charge is 0.372 e. The molecule has 1 rings (SSSR count). The molecule has 1 nitrogen and oxygen atoms in total. The van der Waals surface area contributed by atoms with Gasteiger partial charge in [-0.15, -0.1) is 0 Å². The van der Waals surface area contributed by atoms with Crippen LogP contribution in [0.3, 0.4) is 0 Å². The van der Waals surface area contributed by atoms with E-state index < -0.39 is 0 Å². The quantitative estimate of drug-likeness (QED) is 0.309. The molecule has 1 aromatic rings. The molecule has 0 aromatic heterocycles. The third-order valence-electron chi connectivity index (χ3n) is 4.68. The zero-order valence-electron chi connectivity index (χ0n) is 15.7. The predicted octanol–water partition coefficient (Wildman–Crippen LogP) is 7.21. The Morgan fingerprint density at radius 1 is 0.565 bits per heavy atom. The van der Waals surface area contributed by atoms with E-state index in [0.717, 1.165) is 0 Å². The molecule has 0 fully saturated rings. The summed E-state index contributed by atoms with van der Waals surface area (Å²) < 4.78 is 0. The van der Waals surface area contributed by atoms with E-state index in [9.17, 15) is 0 Å². The summed E-state index contributed by atoms with van der Waals surface area (Å²) in [6.45, 7) is 7.03. The highest BCUT2D eigenvalue weighted by Gasteiger charge is 2.05. The first-order chi connectivity index (χ1) is 11.4. The Morgan fingerprint density at radius 3 is 1.48 bits per heavy atom. The minimum absolute atomic E-state index is 1.23. The highest BCUT2D eigenvalue weighted by atomic mass is 15.1. The topological polar surface area (TPSA) is 3.24 Å². The lowest BCUT2D eigenvalue weighted by Gasteiger charge is -2.25. The van der Waals surface area contributed by atoms with E-state index >= 15 is 0 Å². The number of unbranched alkanes of at least 4 members (excludes halogenated alkanes) is 10. The van der Waals surface area contributed by atoms with E-state index in [1.54, 1.807) is 0 Å². The molecule has 0 heterocycles. The second-order valence-electron chi connectivity index (χ2n) is 6.86. The van der Waals surface area contributed by atoms with Crippen LogP contribution in [-0.4, -0.2) is 13.1 Å². The molecule has 0 aliphatic rings. The monoisotopic (exact) mass is 317 g/mol. The van der Waals surface area contributed by atoms with Gasteiger partial charge in [-0.3, -0.25) is 0 Å². The summed E-state index contributed by atoms with van der Waals surface area (Å²) in [6, 6.07) is 11.0. The number of hydrogen-bond donors (Lipinski definition) is 0. The summed E-state index contributed by atoms with van der Waals surface area (Å²) in [5.41, 5.74) is 1.41. The van der Waals surface area contributed by atoms with Crippen LogP contribution in [0.1, 0.15) is 90.9 Å². The predicted molar refractivity (Wildman–Crippen MR) is 105 cm³/mol. The molecule has 0 aliphatic heterocycles. The smallest absolute Gasteiger partial charge is 0.0366 e. The van der Waals surface area contributed by atoms with E-state index in [2.05, 4.69) is 49.1 Å². The third-order valence-corrected chi connectivity index (χ3v) is 4.68. The van der Waals surface area contributed by atoms with Crippen molar-refractivity contribution in [3.63, 3.8) is 0 Å². The molecular weight excluding hydrogens is 278 g/mol. The van der Waals surface area contributed by atoms with Crippen molar-refractivity contribution in [3.05, 3.63) is 30.3 Å². The molecule has 1 heteroatoms. The summed E-state index contributed by atoms with van der Waals surface area (Å²) >= 11 is 0. The lowest BCUT2D eigenvalue weighted by atomic mass is 10.1. The van der Waals surface area contributed by atoms with E-state index in [0.29, 0.717) is 0 Å². The fourth-order valence-electron chi connectivity index (χ4n) is 3.17. The van der Waals surface area contributed by atoms with Crippen LogP contribution in [0.2, 0.25) is 0 Å². The van der Waals surface area contributed by atoms with Gasteiger partial charge in [0.25, 0.3) is 0 Å². The van der Waals surface area contributed by atoms with Crippen molar-refractivity contribution in [2.45, 2.75) is 90.9 Å². The highest BCUT2D eigenvalue weighted by Crippen LogP contribution is 2.17. The van der Waals surface area contributed by atoms with Gasteiger partial charge in [0.1, 0.15) is 0 Å². The van der Waals surface area contributed by atoms with Gasteiger partial charge in [-0.25, -0.2) is 0 Å². The van der Waals surface area contributed by atoms with Crippen molar-refractivity contribution in [2.75, 3.05) is 18.0 Å². The lowest BCUT2D eigenvalue weighted by Crippen LogP contribution is -2.25. The van der Waals surface area contributed by atoms with E-state index in [1.807, 2.05) is 0 Å². The maximum atomic E-state index is 2.61. The van der Waals surface area contributed by atoms with Gasteiger partial charge in [0.05, 0.1) is 0 Å². The molecule has 0 aliphatic carbocycles. The van der Waals surface area contributed by atoms with Gasteiger partial charge in [0.15, 0.2) is 0 Å². The summed E-state index contributed by atoms with van der Waals surface area (Å²) in [5.74, 6) is 0. The average Bonchev–Trinajstić information content (AvgIpc) is 2.60. The Bertz CT molecular complexity index is 330.